The molecule has 0 bridgehead atoms. The summed E-state index contributed by atoms with van der Waals surface area (Å²) in [4.78, 5) is 24.5. The van der Waals surface area contributed by atoms with Crippen LogP contribution in [0.5, 0.6) is 5.75 Å². The molecular formula is C20H27N3O4S. The van der Waals surface area contributed by atoms with Gasteiger partial charge in [0.2, 0.25) is 0 Å². The number of likely N-dealkylation sites (tertiary alicyclic amines) is 1. The van der Waals surface area contributed by atoms with Gasteiger partial charge in [0.15, 0.2) is 0 Å². The van der Waals surface area contributed by atoms with E-state index in [4.69, 9.17) is 14.6 Å². The number of benzene rings is 1. The largest absolute Gasteiger partial charge is 0.497 e. The Morgan fingerprint density at radius 2 is 2.21 bits per heavy atom. The fourth-order valence-electron chi connectivity index (χ4n) is 3.19. The lowest BCUT2D eigenvalue weighted by atomic mass is 10.1. The molecule has 1 aromatic carbocycles. The minimum Gasteiger partial charge on any atom is -0.497 e. The number of nitrogens with zero attached hydrogens (tertiary/aromatic N) is 1. The first kappa shape index (κ1) is 21.7. The molecule has 1 aromatic heterocycles. The maximum atomic E-state index is 12.3. The van der Waals surface area contributed by atoms with Gasteiger partial charge in [-0.1, -0.05) is 6.07 Å². The maximum Gasteiger partial charge on any atom is 0.319 e. The van der Waals surface area contributed by atoms with Crippen LogP contribution in [-0.4, -0.2) is 48.8 Å². The van der Waals surface area contributed by atoms with Crippen LogP contribution in [0.2, 0.25) is 0 Å². The molecular weight excluding hydrogens is 378 g/mol. The second-order valence-electron chi connectivity index (χ2n) is 6.54. The average Bonchev–Trinajstić information content (AvgIpc) is 3.17. The summed E-state index contributed by atoms with van der Waals surface area (Å²) in [5.41, 5.74) is 1.79. The molecule has 1 aliphatic heterocycles. The topological polar surface area (TPSA) is 90.9 Å². The number of carbonyl (C=O) groups excluding carboxylic acids is 1. The predicted molar refractivity (Wildman–Crippen MR) is 111 cm³/mol. The Morgan fingerprint density at radius 1 is 1.43 bits per heavy atom. The van der Waals surface area contributed by atoms with Gasteiger partial charge in [0.1, 0.15) is 5.75 Å². The molecule has 152 valence electrons. The van der Waals surface area contributed by atoms with Crippen LogP contribution < -0.4 is 15.4 Å². The Bertz CT molecular complexity index is 752. The summed E-state index contributed by atoms with van der Waals surface area (Å²) >= 11 is 1.79. The Kier molecular flexibility index (Phi) is 8.77. The Labute approximate surface area is 169 Å². The number of aryl methyl sites for hydroxylation is 1. The molecule has 3 rings (SSSR count). The van der Waals surface area contributed by atoms with E-state index in [2.05, 4.69) is 33.0 Å². The van der Waals surface area contributed by atoms with E-state index in [9.17, 15) is 4.79 Å². The van der Waals surface area contributed by atoms with Crippen LogP contribution in [0.25, 0.3) is 0 Å². The third-order valence-electron chi connectivity index (χ3n) is 4.48. The van der Waals surface area contributed by atoms with E-state index in [0.717, 1.165) is 49.5 Å². The van der Waals surface area contributed by atoms with Crippen LogP contribution in [0.4, 0.5) is 10.5 Å². The minimum atomic E-state index is -0.250. The number of thiophene rings is 1. The molecule has 3 N–H and O–H groups in total. The summed E-state index contributed by atoms with van der Waals surface area (Å²) < 4.78 is 5.20. The highest BCUT2D eigenvalue weighted by molar-refractivity contribution is 7.09. The molecule has 1 aliphatic rings. The van der Waals surface area contributed by atoms with Gasteiger partial charge < -0.3 is 20.5 Å². The second kappa shape index (κ2) is 11.3. The zero-order chi connectivity index (χ0) is 20.4. The highest BCUT2D eigenvalue weighted by Crippen LogP contribution is 2.21. The summed E-state index contributed by atoms with van der Waals surface area (Å²) in [5.74, 6) is 0.792. The van der Waals surface area contributed by atoms with Crippen molar-refractivity contribution in [2.24, 2.45) is 0 Å². The highest BCUT2D eigenvalue weighted by atomic mass is 32.1. The molecule has 0 spiro atoms. The highest BCUT2D eigenvalue weighted by Gasteiger charge is 2.21. The van der Waals surface area contributed by atoms with E-state index in [1.807, 2.05) is 25.1 Å². The zero-order valence-electron chi connectivity index (χ0n) is 16.2. The first-order valence-electron chi connectivity index (χ1n) is 9.10. The molecule has 1 atom stereocenters. The molecule has 1 saturated heterocycles. The Hall–Kier alpha value is -2.58. The third-order valence-corrected chi connectivity index (χ3v) is 5.34. The number of methoxy groups -OCH3 is 1. The molecule has 8 heteroatoms. The smallest absolute Gasteiger partial charge is 0.319 e. The number of ether oxygens (including phenoxy) is 1. The van der Waals surface area contributed by atoms with E-state index in [-0.39, 0.29) is 18.5 Å². The molecule has 0 aliphatic carbocycles. The van der Waals surface area contributed by atoms with Crippen molar-refractivity contribution in [3.8, 4) is 5.75 Å². The molecule has 1 unspecified atom stereocenters. The van der Waals surface area contributed by atoms with Gasteiger partial charge in [0.05, 0.1) is 7.11 Å². The molecule has 2 aromatic rings. The lowest BCUT2D eigenvalue weighted by Crippen LogP contribution is -2.48. The average molecular weight is 406 g/mol. The number of anilines is 1. The van der Waals surface area contributed by atoms with Gasteiger partial charge in [-0.25, -0.2) is 4.79 Å². The van der Waals surface area contributed by atoms with Crippen molar-refractivity contribution < 1.29 is 19.4 Å². The molecule has 28 heavy (non-hydrogen) atoms. The maximum absolute atomic E-state index is 12.3. The SMILES string of the molecule is COc1ccc(NC(=O)NC2CCCN(Cc3cccs3)C2)c(C)c1.O=CO. The van der Waals surface area contributed by atoms with Gasteiger partial charge in [-0.05, 0) is 61.5 Å². The van der Waals surface area contributed by atoms with E-state index in [0.29, 0.717) is 0 Å². The Balaban J connectivity index is 0.000000878. The summed E-state index contributed by atoms with van der Waals surface area (Å²) in [6.07, 6.45) is 2.13. The van der Waals surface area contributed by atoms with Crippen LogP contribution in [0, 0.1) is 6.92 Å². The number of hydrogen-bond donors (Lipinski definition) is 3. The number of rotatable bonds is 5. The van der Waals surface area contributed by atoms with Gasteiger partial charge in [-0.2, -0.15) is 0 Å². The summed E-state index contributed by atoms with van der Waals surface area (Å²) in [6.45, 7) is 4.67. The lowest BCUT2D eigenvalue weighted by molar-refractivity contribution is -0.122. The fraction of sp³-hybridized carbons (Fsp3) is 0.400. The van der Waals surface area contributed by atoms with E-state index in [1.54, 1.807) is 18.4 Å². The van der Waals surface area contributed by atoms with E-state index < -0.39 is 0 Å². The van der Waals surface area contributed by atoms with Gasteiger partial charge in [0.25, 0.3) is 6.47 Å². The third kappa shape index (κ3) is 6.86. The first-order valence-corrected chi connectivity index (χ1v) is 9.98. The number of carboxylic acid groups (broad SMARTS) is 1. The van der Waals surface area contributed by atoms with Crippen molar-refractivity contribution in [3.05, 3.63) is 46.2 Å². The quantitative estimate of drug-likeness (QED) is 0.662. The van der Waals surface area contributed by atoms with Crippen molar-refractivity contribution in [3.63, 3.8) is 0 Å². The standard InChI is InChI=1S/C19H25N3O2S.CH2O2/c1-14-11-16(24-2)7-8-18(14)21-19(23)20-15-5-3-9-22(12-15)13-17-6-4-10-25-17;2-1-3/h4,6-8,10-11,15H,3,5,9,12-13H2,1-2H3,(H2,20,21,23);1H,(H,2,3). The molecule has 2 heterocycles. The van der Waals surface area contributed by atoms with Crippen LogP contribution in [0.1, 0.15) is 23.3 Å². The minimum absolute atomic E-state index is 0.142. The molecule has 2 amide bonds. The normalized spacial score (nSPS) is 16.4. The number of nitrogens with one attached hydrogen (secondary N) is 2. The fourth-order valence-corrected chi connectivity index (χ4v) is 3.93. The number of piperidine rings is 1. The van der Waals surface area contributed by atoms with Gasteiger partial charge in [-0.15, -0.1) is 11.3 Å². The predicted octanol–water partition coefficient (Wildman–Crippen LogP) is 3.55. The number of hydrogen-bond acceptors (Lipinski definition) is 5. The van der Waals surface area contributed by atoms with Gasteiger partial charge in [0, 0.05) is 29.7 Å². The first-order chi connectivity index (χ1) is 13.5. The van der Waals surface area contributed by atoms with E-state index in [1.165, 1.54) is 4.88 Å². The zero-order valence-corrected chi connectivity index (χ0v) is 17.0. The van der Waals surface area contributed by atoms with Crippen molar-refractivity contribution in [1.82, 2.24) is 10.2 Å². The summed E-state index contributed by atoms with van der Waals surface area (Å²) in [6, 6.07) is 9.94. The Morgan fingerprint density at radius 3 is 2.86 bits per heavy atom. The summed E-state index contributed by atoms with van der Waals surface area (Å²) in [5, 5.41) is 15.1. The van der Waals surface area contributed by atoms with Crippen molar-refractivity contribution in [2.75, 3.05) is 25.5 Å². The van der Waals surface area contributed by atoms with Crippen LogP contribution in [0.3, 0.4) is 0 Å². The summed E-state index contributed by atoms with van der Waals surface area (Å²) in [7, 11) is 1.64. The lowest BCUT2D eigenvalue weighted by Gasteiger charge is -2.32. The molecule has 7 nitrogen and oxygen atoms in total. The molecule has 0 radical (unpaired) electrons. The van der Waals surface area contributed by atoms with Crippen LogP contribution >= 0.6 is 11.3 Å². The van der Waals surface area contributed by atoms with E-state index >= 15 is 0 Å². The molecule has 1 fully saturated rings. The van der Waals surface area contributed by atoms with Crippen molar-refractivity contribution in [2.45, 2.75) is 32.4 Å². The van der Waals surface area contributed by atoms with Crippen LogP contribution in [-0.2, 0) is 11.3 Å². The number of carbonyl (C=O) groups is 2. The van der Waals surface area contributed by atoms with Crippen LogP contribution in [0.15, 0.2) is 35.7 Å². The van der Waals surface area contributed by atoms with Crippen molar-refractivity contribution in [1.29, 1.82) is 0 Å². The van der Waals surface area contributed by atoms with Crippen molar-refractivity contribution >= 4 is 29.5 Å². The molecule has 0 saturated carbocycles. The monoisotopic (exact) mass is 405 g/mol. The van der Waals surface area contributed by atoms with Gasteiger partial charge in [-0.3, -0.25) is 9.69 Å². The number of amides is 2. The van der Waals surface area contributed by atoms with Gasteiger partial charge >= 0.3 is 6.03 Å². The second-order valence-corrected chi connectivity index (χ2v) is 7.57. The number of urea groups is 1.